The SMILES string of the molecule is CC(N)=NCCCCC(N)C(=O)N/C(C)=N/N=N\N. The van der Waals surface area contributed by atoms with Crippen molar-refractivity contribution in [3.63, 3.8) is 0 Å². The van der Waals surface area contributed by atoms with Gasteiger partial charge in [0, 0.05) is 6.54 Å². The van der Waals surface area contributed by atoms with Crippen molar-refractivity contribution in [2.24, 2.45) is 37.9 Å². The Balaban J connectivity index is 3.91. The molecule has 0 aromatic heterocycles. The van der Waals surface area contributed by atoms with Crippen molar-refractivity contribution in [3.8, 4) is 0 Å². The second kappa shape index (κ2) is 9.95. The third-order valence-electron chi connectivity index (χ3n) is 2.17. The van der Waals surface area contributed by atoms with Crippen molar-refractivity contribution in [3.05, 3.63) is 0 Å². The van der Waals surface area contributed by atoms with Gasteiger partial charge in [-0.3, -0.25) is 9.79 Å². The summed E-state index contributed by atoms with van der Waals surface area (Å²) >= 11 is 0. The lowest BCUT2D eigenvalue weighted by molar-refractivity contribution is -0.121. The van der Waals surface area contributed by atoms with E-state index in [1.54, 1.807) is 13.8 Å². The minimum absolute atomic E-state index is 0.290. The second-order valence-electron chi connectivity index (χ2n) is 4.00. The van der Waals surface area contributed by atoms with Crippen molar-refractivity contribution in [2.75, 3.05) is 6.54 Å². The van der Waals surface area contributed by atoms with Gasteiger partial charge in [0.15, 0.2) is 0 Å². The molecule has 0 aromatic rings. The maximum Gasteiger partial charge on any atom is 0.242 e. The van der Waals surface area contributed by atoms with E-state index >= 15 is 0 Å². The molecule has 7 N–H and O–H groups in total. The fourth-order valence-electron chi connectivity index (χ4n) is 1.25. The Kier molecular flexibility index (Phi) is 8.88. The van der Waals surface area contributed by atoms with Gasteiger partial charge in [-0.1, -0.05) is 5.22 Å². The van der Waals surface area contributed by atoms with E-state index in [2.05, 4.69) is 25.9 Å². The highest BCUT2D eigenvalue weighted by Crippen LogP contribution is 2.00. The van der Waals surface area contributed by atoms with Crippen LogP contribution in [0.5, 0.6) is 0 Å². The molecule has 0 bridgehead atoms. The van der Waals surface area contributed by atoms with Gasteiger partial charge in [0.1, 0.15) is 5.84 Å². The van der Waals surface area contributed by atoms with Gasteiger partial charge in [-0.15, -0.1) is 5.10 Å². The number of rotatable bonds is 7. The summed E-state index contributed by atoms with van der Waals surface area (Å²) in [6, 6.07) is -0.595. The average molecular weight is 270 g/mol. The molecule has 108 valence electrons. The molecule has 0 saturated carbocycles. The van der Waals surface area contributed by atoms with Crippen LogP contribution in [0.15, 0.2) is 20.5 Å². The lowest BCUT2D eigenvalue weighted by atomic mass is 10.1. The fourth-order valence-corrected chi connectivity index (χ4v) is 1.25. The molecule has 0 aromatic carbocycles. The van der Waals surface area contributed by atoms with Crippen LogP contribution in [-0.2, 0) is 4.79 Å². The number of hydrogen-bond donors (Lipinski definition) is 4. The van der Waals surface area contributed by atoms with Crippen molar-refractivity contribution < 1.29 is 4.79 Å². The Bertz CT molecular complexity index is 359. The van der Waals surface area contributed by atoms with E-state index in [1.807, 2.05) is 0 Å². The molecule has 0 spiro atoms. The second-order valence-corrected chi connectivity index (χ2v) is 4.00. The van der Waals surface area contributed by atoms with Gasteiger partial charge < -0.3 is 22.6 Å². The number of carbonyl (C=O) groups is 1. The van der Waals surface area contributed by atoms with Crippen LogP contribution in [-0.4, -0.2) is 30.2 Å². The Morgan fingerprint density at radius 2 is 2.00 bits per heavy atom. The highest BCUT2D eigenvalue weighted by molar-refractivity contribution is 5.99. The topological polar surface area (TPSA) is 157 Å². The first-order valence-electron chi connectivity index (χ1n) is 5.94. The van der Waals surface area contributed by atoms with Gasteiger partial charge in [-0.05, 0) is 38.3 Å². The number of hydrogen-bond acceptors (Lipinski definition) is 5. The Labute approximate surface area is 112 Å². The largest absolute Gasteiger partial charge is 0.388 e. The Morgan fingerprint density at radius 1 is 1.32 bits per heavy atom. The summed E-state index contributed by atoms with van der Waals surface area (Å²) in [7, 11) is 0. The lowest BCUT2D eigenvalue weighted by Gasteiger charge is -2.10. The molecule has 0 radical (unpaired) electrons. The van der Waals surface area contributed by atoms with E-state index < -0.39 is 6.04 Å². The van der Waals surface area contributed by atoms with E-state index in [-0.39, 0.29) is 11.7 Å². The monoisotopic (exact) mass is 270 g/mol. The molecule has 0 aliphatic heterocycles. The third-order valence-corrected chi connectivity index (χ3v) is 2.17. The van der Waals surface area contributed by atoms with Crippen LogP contribution in [0.4, 0.5) is 0 Å². The smallest absolute Gasteiger partial charge is 0.242 e. The molecule has 0 aliphatic rings. The number of amidine groups is 2. The van der Waals surface area contributed by atoms with Gasteiger partial charge in [0.05, 0.1) is 11.9 Å². The van der Waals surface area contributed by atoms with Crippen LogP contribution >= 0.6 is 0 Å². The normalized spacial score (nSPS) is 14.7. The molecule has 9 nitrogen and oxygen atoms in total. The first-order valence-corrected chi connectivity index (χ1v) is 5.94. The summed E-state index contributed by atoms with van der Waals surface area (Å²) in [5.41, 5.74) is 11.1. The number of amides is 1. The predicted octanol–water partition coefficient (Wildman–Crippen LogP) is -0.363. The molecule has 0 saturated heterocycles. The highest BCUT2D eigenvalue weighted by Gasteiger charge is 2.13. The van der Waals surface area contributed by atoms with Crippen LogP contribution in [0, 0.1) is 0 Å². The summed E-state index contributed by atoms with van der Waals surface area (Å²) < 4.78 is 0. The van der Waals surface area contributed by atoms with Gasteiger partial charge in [-0.25, -0.2) is 0 Å². The van der Waals surface area contributed by atoms with E-state index in [4.69, 9.17) is 17.3 Å². The molecule has 0 rings (SSSR count). The number of nitrogens with two attached hydrogens (primary N) is 3. The van der Waals surface area contributed by atoms with Crippen LogP contribution in [0.25, 0.3) is 0 Å². The molecule has 0 aliphatic carbocycles. The number of aliphatic imine (C=N–C) groups is 1. The number of carbonyl (C=O) groups excluding carboxylic acids is 1. The zero-order valence-corrected chi connectivity index (χ0v) is 11.3. The third kappa shape index (κ3) is 9.65. The molecule has 0 fully saturated rings. The quantitative estimate of drug-likeness (QED) is 0.124. The molecule has 1 amide bonds. The number of nitrogens with zero attached hydrogens (tertiary/aromatic N) is 4. The zero-order chi connectivity index (χ0) is 14.7. The lowest BCUT2D eigenvalue weighted by Crippen LogP contribution is -2.42. The van der Waals surface area contributed by atoms with Crippen molar-refractivity contribution in [1.29, 1.82) is 0 Å². The van der Waals surface area contributed by atoms with Crippen LogP contribution < -0.4 is 22.6 Å². The molecular formula is C10H22N8O. The van der Waals surface area contributed by atoms with Crippen LogP contribution in [0.2, 0.25) is 0 Å². The standard InChI is InChI=1S/C10H22N8O/c1-7(11)14-6-4-3-5-9(12)10(19)15-8(2)16-18-17-13/h9H,3-6,12H2,1-2H3,(H2,11,14)(H2,13,18)(H,15,16,17,19). The molecule has 9 heteroatoms. The molecular weight excluding hydrogens is 248 g/mol. The fraction of sp³-hybridized carbons (Fsp3) is 0.700. The van der Waals surface area contributed by atoms with E-state index in [9.17, 15) is 4.79 Å². The maximum atomic E-state index is 11.6. The Morgan fingerprint density at radius 3 is 2.58 bits per heavy atom. The number of unbranched alkanes of at least 4 members (excludes halogenated alkanes) is 1. The summed E-state index contributed by atoms with van der Waals surface area (Å²) in [5, 5.41) is 12.2. The van der Waals surface area contributed by atoms with Gasteiger partial charge >= 0.3 is 0 Å². The van der Waals surface area contributed by atoms with Gasteiger partial charge in [0.25, 0.3) is 0 Å². The molecule has 0 heterocycles. The summed E-state index contributed by atoms with van der Waals surface area (Å²) in [6.45, 7) is 3.95. The summed E-state index contributed by atoms with van der Waals surface area (Å²) in [5.74, 6) is 5.31. The molecule has 1 atom stereocenters. The van der Waals surface area contributed by atoms with Gasteiger partial charge in [-0.2, -0.15) is 0 Å². The average Bonchev–Trinajstić information content (AvgIpc) is 2.35. The Hall–Kier alpha value is -2.03. The minimum Gasteiger partial charge on any atom is -0.388 e. The summed E-state index contributed by atoms with van der Waals surface area (Å²) in [4.78, 5) is 15.7. The number of nitrogens with one attached hydrogen (secondary N) is 1. The van der Waals surface area contributed by atoms with E-state index in [0.29, 0.717) is 18.8 Å². The van der Waals surface area contributed by atoms with Crippen molar-refractivity contribution >= 4 is 17.6 Å². The maximum absolute atomic E-state index is 11.6. The molecule has 19 heavy (non-hydrogen) atoms. The van der Waals surface area contributed by atoms with E-state index in [0.717, 1.165) is 12.8 Å². The van der Waals surface area contributed by atoms with Crippen LogP contribution in [0.3, 0.4) is 0 Å². The first-order chi connectivity index (χ1) is 8.97. The summed E-state index contributed by atoms with van der Waals surface area (Å²) in [6.07, 6.45) is 2.20. The first kappa shape index (κ1) is 17.0. The van der Waals surface area contributed by atoms with Gasteiger partial charge in [0.2, 0.25) is 5.91 Å². The highest BCUT2D eigenvalue weighted by atomic mass is 16.2. The van der Waals surface area contributed by atoms with Crippen molar-refractivity contribution in [1.82, 2.24) is 5.32 Å². The molecule has 1 unspecified atom stereocenters. The predicted molar refractivity (Wildman–Crippen MR) is 74.3 cm³/mol. The zero-order valence-electron chi connectivity index (χ0n) is 11.3. The van der Waals surface area contributed by atoms with Crippen molar-refractivity contribution in [2.45, 2.75) is 39.2 Å². The minimum atomic E-state index is -0.595. The van der Waals surface area contributed by atoms with Crippen LogP contribution in [0.1, 0.15) is 33.1 Å². The van der Waals surface area contributed by atoms with E-state index in [1.165, 1.54) is 0 Å².